The van der Waals surface area contributed by atoms with Crippen LogP contribution in [-0.4, -0.2) is 37.9 Å². The summed E-state index contributed by atoms with van der Waals surface area (Å²) in [5, 5.41) is 9.14. The van der Waals surface area contributed by atoms with Gasteiger partial charge in [0.05, 0.1) is 19.6 Å². The lowest BCUT2D eigenvalue weighted by Gasteiger charge is -2.23. The molecule has 1 aromatic carbocycles. The number of hydrogen-bond donors (Lipinski definition) is 1. The van der Waals surface area contributed by atoms with Gasteiger partial charge in [0.25, 0.3) is 0 Å². The molecular weight excluding hydrogens is 264 g/mol. The van der Waals surface area contributed by atoms with E-state index in [-0.39, 0.29) is 17.9 Å². The SMILES string of the molecule is COC(=O)C(C)(C)COc1c(OC)cccc1C(=O)O. The second-order valence-electron chi connectivity index (χ2n) is 4.81. The van der Waals surface area contributed by atoms with Crippen LogP contribution in [-0.2, 0) is 9.53 Å². The number of hydrogen-bond acceptors (Lipinski definition) is 5. The van der Waals surface area contributed by atoms with Gasteiger partial charge in [-0.2, -0.15) is 0 Å². The second-order valence-corrected chi connectivity index (χ2v) is 4.81. The number of para-hydroxylation sites is 1. The molecule has 0 heterocycles. The molecule has 6 heteroatoms. The molecule has 1 N–H and O–H groups in total. The highest BCUT2D eigenvalue weighted by molar-refractivity contribution is 5.92. The van der Waals surface area contributed by atoms with Crippen molar-refractivity contribution < 1.29 is 28.9 Å². The van der Waals surface area contributed by atoms with E-state index in [1.807, 2.05) is 0 Å². The molecule has 20 heavy (non-hydrogen) atoms. The van der Waals surface area contributed by atoms with Gasteiger partial charge in [-0.05, 0) is 26.0 Å². The third-order valence-corrected chi connectivity index (χ3v) is 2.74. The first kappa shape index (κ1) is 15.8. The molecule has 1 aromatic rings. The quantitative estimate of drug-likeness (QED) is 0.803. The third-order valence-electron chi connectivity index (χ3n) is 2.74. The molecule has 0 aliphatic rings. The predicted octanol–water partition coefficient (Wildman–Crippen LogP) is 1.97. The van der Waals surface area contributed by atoms with Crippen LogP contribution < -0.4 is 9.47 Å². The Morgan fingerprint density at radius 1 is 1.25 bits per heavy atom. The van der Waals surface area contributed by atoms with Crippen LogP contribution in [0.1, 0.15) is 24.2 Å². The van der Waals surface area contributed by atoms with Gasteiger partial charge < -0.3 is 19.3 Å². The molecular formula is C14H18O6. The standard InChI is InChI=1S/C14H18O6/c1-14(2,13(17)19-4)8-20-11-9(12(15)16)6-5-7-10(11)18-3/h5-7H,8H2,1-4H3,(H,15,16). The minimum absolute atomic E-state index is 0.0231. The van der Waals surface area contributed by atoms with E-state index in [0.717, 1.165) is 0 Å². The van der Waals surface area contributed by atoms with Crippen molar-refractivity contribution in [3.63, 3.8) is 0 Å². The smallest absolute Gasteiger partial charge is 0.339 e. The third kappa shape index (κ3) is 3.40. The summed E-state index contributed by atoms with van der Waals surface area (Å²) in [6.07, 6.45) is 0. The van der Waals surface area contributed by atoms with E-state index >= 15 is 0 Å². The van der Waals surface area contributed by atoms with Crippen LogP contribution in [0, 0.1) is 5.41 Å². The van der Waals surface area contributed by atoms with Crippen molar-refractivity contribution in [1.29, 1.82) is 0 Å². The van der Waals surface area contributed by atoms with E-state index in [4.69, 9.17) is 14.6 Å². The largest absolute Gasteiger partial charge is 0.493 e. The topological polar surface area (TPSA) is 82.1 Å². The van der Waals surface area contributed by atoms with Gasteiger partial charge in [0.15, 0.2) is 11.5 Å². The fourth-order valence-corrected chi connectivity index (χ4v) is 1.58. The molecule has 0 saturated heterocycles. The number of carbonyl (C=O) groups is 2. The van der Waals surface area contributed by atoms with Crippen molar-refractivity contribution in [1.82, 2.24) is 0 Å². The first-order valence-corrected chi connectivity index (χ1v) is 5.95. The number of aromatic carboxylic acids is 1. The van der Waals surface area contributed by atoms with Crippen molar-refractivity contribution in [3.05, 3.63) is 23.8 Å². The molecule has 0 aromatic heterocycles. The maximum Gasteiger partial charge on any atom is 0.339 e. The normalized spacial score (nSPS) is 10.8. The zero-order valence-corrected chi connectivity index (χ0v) is 11.9. The lowest BCUT2D eigenvalue weighted by Crippen LogP contribution is -2.32. The lowest BCUT2D eigenvalue weighted by atomic mass is 9.95. The maximum atomic E-state index is 11.6. The highest BCUT2D eigenvalue weighted by Gasteiger charge is 2.31. The summed E-state index contributed by atoms with van der Waals surface area (Å²) >= 11 is 0. The Kier molecular flexibility index (Phi) is 4.96. The number of methoxy groups -OCH3 is 2. The fourth-order valence-electron chi connectivity index (χ4n) is 1.58. The van der Waals surface area contributed by atoms with Gasteiger partial charge >= 0.3 is 11.9 Å². The van der Waals surface area contributed by atoms with Gasteiger partial charge in [0, 0.05) is 0 Å². The lowest BCUT2D eigenvalue weighted by molar-refractivity contribution is -0.152. The number of carbonyl (C=O) groups excluding carboxylic acids is 1. The number of ether oxygens (including phenoxy) is 3. The van der Waals surface area contributed by atoms with Gasteiger partial charge in [-0.25, -0.2) is 4.79 Å². The summed E-state index contributed by atoms with van der Waals surface area (Å²) < 4.78 is 15.3. The highest BCUT2D eigenvalue weighted by Crippen LogP contribution is 2.32. The Labute approximate surface area is 117 Å². The number of rotatable bonds is 6. The Balaban J connectivity index is 3.02. The van der Waals surface area contributed by atoms with Crippen molar-refractivity contribution in [2.45, 2.75) is 13.8 Å². The maximum absolute atomic E-state index is 11.6. The minimum Gasteiger partial charge on any atom is -0.493 e. The summed E-state index contributed by atoms with van der Waals surface area (Å²) in [4.78, 5) is 22.8. The van der Waals surface area contributed by atoms with Crippen molar-refractivity contribution in [2.75, 3.05) is 20.8 Å². The minimum atomic E-state index is -1.13. The van der Waals surface area contributed by atoms with Crippen molar-refractivity contribution in [3.8, 4) is 11.5 Å². The van der Waals surface area contributed by atoms with E-state index in [2.05, 4.69) is 4.74 Å². The summed E-state index contributed by atoms with van der Waals surface area (Å²) in [7, 11) is 2.70. The first-order chi connectivity index (χ1) is 9.33. The average Bonchev–Trinajstić information content (AvgIpc) is 2.43. The Hall–Kier alpha value is -2.24. The predicted molar refractivity (Wildman–Crippen MR) is 71.2 cm³/mol. The number of benzene rings is 1. The molecule has 0 aliphatic carbocycles. The summed E-state index contributed by atoms with van der Waals surface area (Å²) in [6.45, 7) is 3.27. The molecule has 0 amide bonds. The summed E-state index contributed by atoms with van der Waals surface area (Å²) in [6, 6.07) is 4.55. The molecule has 0 spiro atoms. The number of esters is 1. The first-order valence-electron chi connectivity index (χ1n) is 5.95. The molecule has 6 nitrogen and oxygen atoms in total. The zero-order valence-electron chi connectivity index (χ0n) is 11.9. The molecule has 110 valence electrons. The van der Waals surface area contributed by atoms with Gasteiger partial charge in [-0.1, -0.05) is 6.07 Å². The summed E-state index contributed by atoms with van der Waals surface area (Å²) in [5.74, 6) is -1.18. The van der Waals surface area contributed by atoms with Crippen LogP contribution in [0.3, 0.4) is 0 Å². The Morgan fingerprint density at radius 3 is 2.40 bits per heavy atom. The highest BCUT2D eigenvalue weighted by atomic mass is 16.5. The zero-order chi connectivity index (χ0) is 15.3. The van der Waals surface area contributed by atoms with E-state index in [0.29, 0.717) is 5.75 Å². The molecule has 0 radical (unpaired) electrons. The van der Waals surface area contributed by atoms with Gasteiger partial charge in [-0.15, -0.1) is 0 Å². The van der Waals surface area contributed by atoms with Gasteiger partial charge in [-0.3, -0.25) is 4.79 Å². The van der Waals surface area contributed by atoms with Crippen molar-refractivity contribution in [2.24, 2.45) is 5.41 Å². The monoisotopic (exact) mass is 282 g/mol. The van der Waals surface area contributed by atoms with Crippen LogP contribution in [0.15, 0.2) is 18.2 Å². The molecule has 0 atom stereocenters. The molecule has 1 rings (SSSR count). The molecule has 0 aliphatic heterocycles. The van der Waals surface area contributed by atoms with Gasteiger partial charge in [0.2, 0.25) is 0 Å². The van der Waals surface area contributed by atoms with Crippen LogP contribution in [0.4, 0.5) is 0 Å². The van der Waals surface area contributed by atoms with Crippen LogP contribution in [0.5, 0.6) is 11.5 Å². The summed E-state index contributed by atoms with van der Waals surface area (Å²) in [5.41, 5.74) is -0.921. The molecule has 0 bridgehead atoms. The Morgan fingerprint density at radius 2 is 1.90 bits per heavy atom. The molecule has 0 saturated carbocycles. The van der Waals surface area contributed by atoms with Crippen LogP contribution in [0.25, 0.3) is 0 Å². The Bertz CT molecular complexity index is 506. The van der Waals surface area contributed by atoms with Crippen LogP contribution >= 0.6 is 0 Å². The molecule has 0 fully saturated rings. The average molecular weight is 282 g/mol. The van der Waals surface area contributed by atoms with E-state index in [9.17, 15) is 9.59 Å². The van der Waals surface area contributed by atoms with E-state index in [1.165, 1.54) is 20.3 Å². The van der Waals surface area contributed by atoms with Gasteiger partial charge in [0.1, 0.15) is 12.2 Å². The fraction of sp³-hybridized carbons (Fsp3) is 0.429. The number of carboxylic acid groups (broad SMARTS) is 1. The molecule has 0 unspecified atom stereocenters. The number of carboxylic acids is 1. The second kappa shape index (κ2) is 6.27. The van der Waals surface area contributed by atoms with E-state index in [1.54, 1.807) is 26.0 Å². The van der Waals surface area contributed by atoms with E-state index < -0.39 is 17.4 Å². The van der Waals surface area contributed by atoms with Crippen molar-refractivity contribution >= 4 is 11.9 Å². The van der Waals surface area contributed by atoms with Crippen LogP contribution in [0.2, 0.25) is 0 Å².